The molecule has 10 heteroatoms. The molecule has 0 saturated heterocycles. The molecule has 4 aromatic rings. The van der Waals surface area contributed by atoms with Crippen LogP contribution in [0.3, 0.4) is 0 Å². The van der Waals surface area contributed by atoms with Gasteiger partial charge in [0.1, 0.15) is 29.0 Å². The number of carbonyl (C=O) groups is 3. The van der Waals surface area contributed by atoms with Gasteiger partial charge < -0.3 is 24.6 Å². The third kappa shape index (κ3) is 7.30. The predicted molar refractivity (Wildman–Crippen MR) is 169 cm³/mol. The average Bonchev–Trinajstić information content (AvgIpc) is 3.27. The number of aliphatic carboxylic acids is 1. The van der Waals surface area contributed by atoms with E-state index in [-0.39, 0.29) is 17.7 Å². The van der Waals surface area contributed by atoms with Crippen molar-refractivity contribution in [1.82, 2.24) is 10.6 Å². The second-order valence-corrected chi connectivity index (χ2v) is 11.9. The van der Waals surface area contributed by atoms with E-state index in [0.29, 0.717) is 46.3 Å². The van der Waals surface area contributed by atoms with Gasteiger partial charge in [0.2, 0.25) is 11.8 Å². The smallest absolute Gasteiger partial charge is 0.340 e. The van der Waals surface area contributed by atoms with E-state index in [9.17, 15) is 24.3 Å². The lowest BCUT2D eigenvalue weighted by molar-refractivity contribution is -0.141. The van der Waals surface area contributed by atoms with Gasteiger partial charge in [-0.3, -0.25) is 9.59 Å². The Labute approximate surface area is 254 Å². The molecule has 228 valence electrons. The first-order valence-electron chi connectivity index (χ1n) is 14.4. The Bertz CT molecular complexity index is 1710. The van der Waals surface area contributed by atoms with Gasteiger partial charge in [0.05, 0.1) is 12.0 Å². The van der Waals surface area contributed by atoms with E-state index in [1.807, 2.05) is 64.1 Å². The summed E-state index contributed by atoms with van der Waals surface area (Å²) in [7, 11) is 0. The number of fused-ring (bicyclic) bond motifs is 2. The molecule has 0 aliphatic rings. The van der Waals surface area contributed by atoms with Gasteiger partial charge in [-0.1, -0.05) is 50.1 Å². The van der Waals surface area contributed by atoms with Gasteiger partial charge in [0, 0.05) is 27.8 Å². The van der Waals surface area contributed by atoms with Crippen LogP contribution in [0.5, 0.6) is 0 Å². The summed E-state index contributed by atoms with van der Waals surface area (Å²) in [6.07, 6.45) is 1.48. The Morgan fingerprint density at radius 3 is 2.26 bits per heavy atom. The minimum Gasteiger partial charge on any atom is -0.480 e. The number of furan rings is 1. The van der Waals surface area contributed by atoms with Crippen molar-refractivity contribution in [2.75, 3.05) is 5.75 Å². The second-order valence-electron chi connectivity index (χ2n) is 10.9. The highest BCUT2D eigenvalue weighted by molar-refractivity contribution is 7.98. The molecule has 2 aromatic heterocycles. The van der Waals surface area contributed by atoms with Crippen LogP contribution in [0.15, 0.2) is 50.0 Å². The van der Waals surface area contributed by atoms with Crippen LogP contribution >= 0.6 is 11.8 Å². The Morgan fingerprint density at radius 1 is 0.907 bits per heavy atom. The summed E-state index contributed by atoms with van der Waals surface area (Å²) in [5.74, 6) is -0.681. The molecule has 2 aromatic carbocycles. The number of nitrogens with one attached hydrogen (secondary N) is 2. The minimum absolute atomic E-state index is 0.171. The van der Waals surface area contributed by atoms with Crippen molar-refractivity contribution in [1.29, 1.82) is 0 Å². The fourth-order valence-electron chi connectivity index (χ4n) is 5.10. The van der Waals surface area contributed by atoms with Crippen molar-refractivity contribution >= 4 is 51.5 Å². The molecule has 0 saturated carbocycles. The maximum Gasteiger partial charge on any atom is 0.340 e. The van der Waals surface area contributed by atoms with Gasteiger partial charge in [-0.2, -0.15) is 11.8 Å². The molecule has 0 unspecified atom stereocenters. The van der Waals surface area contributed by atoms with E-state index in [0.717, 1.165) is 28.7 Å². The van der Waals surface area contributed by atoms with Gasteiger partial charge in [0.25, 0.3) is 0 Å². The first kappa shape index (κ1) is 31.9. The van der Waals surface area contributed by atoms with Gasteiger partial charge in [-0.25, -0.2) is 9.59 Å². The number of carboxylic acids is 1. The molecular formula is C33H38N2O7S. The number of hydrogen-bond donors (Lipinski definition) is 3. The number of thioether (sulfide) groups is 1. The molecule has 2 heterocycles. The largest absolute Gasteiger partial charge is 0.480 e. The van der Waals surface area contributed by atoms with Gasteiger partial charge in [-0.05, 0) is 56.9 Å². The summed E-state index contributed by atoms with van der Waals surface area (Å²) in [6.45, 7) is 9.42. The van der Waals surface area contributed by atoms with Crippen molar-refractivity contribution in [3.05, 3.63) is 80.4 Å². The fourth-order valence-corrected chi connectivity index (χ4v) is 6.10. The minimum atomic E-state index is -1.15. The van der Waals surface area contributed by atoms with Crippen LogP contribution in [0.4, 0.5) is 0 Å². The monoisotopic (exact) mass is 606 g/mol. The molecule has 0 bridgehead atoms. The fraction of sp³-hybridized carbons (Fsp3) is 0.394. The Balaban J connectivity index is 1.49. The van der Waals surface area contributed by atoms with Crippen molar-refractivity contribution in [3.63, 3.8) is 0 Å². The lowest BCUT2D eigenvalue weighted by Gasteiger charge is -2.21. The molecular weight excluding hydrogens is 568 g/mol. The van der Waals surface area contributed by atoms with Crippen LogP contribution in [-0.2, 0) is 26.6 Å². The van der Waals surface area contributed by atoms with Crippen molar-refractivity contribution in [2.24, 2.45) is 0 Å². The first-order valence-corrected chi connectivity index (χ1v) is 15.6. The number of aryl methyl sites for hydroxylation is 4. The number of carbonyl (C=O) groups excluding carboxylic acids is 2. The normalized spacial score (nSPS) is 12.8. The number of unbranched alkanes of at least 4 members (excludes halogenated alkanes) is 1. The van der Waals surface area contributed by atoms with Crippen LogP contribution in [0.25, 0.3) is 21.9 Å². The highest BCUT2D eigenvalue weighted by Gasteiger charge is 2.27. The van der Waals surface area contributed by atoms with Crippen molar-refractivity contribution < 1.29 is 28.3 Å². The molecule has 2 amide bonds. The van der Waals surface area contributed by atoms with E-state index in [2.05, 4.69) is 10.6 Å². The molecule has 4 rings (SSSR count). The summed E-state index contributed by atoms with van der Waals surface area (Å²) >= 11 is 1.40. The van der Waals surface area contributed by atoms with Crippen LogP contribution in [-0.4, -0.2) is 40.7 Å². The third-order valence-electron chi connectivity index (χ3n) is 7.79. The van der Waals surface area contributed by atoms with Crippen LogP contribution in [0.1, 0.15) is 59.8 Å². The molecule has 0 fully saturated rings. The second kappa shape index (κ2) is 13.9. The molecule has 0 aliphatic carbocycles. The lowest BCUT2D eigenvalue weighted by atomic mass is 9.98. The summed E-state index contributed by atoms with van der Waals surface area (Å²) in [4.78, 5) is 51.4. The topological polar surface area (TPSA) is 139 Å². The molecule has 0 aliphatic heterocycles. The van der Waals surface area contributed by atoms with Gasteiger partial charge in [0.15, 0.2) is 0 Å². The van der Waals surface area contributed by atoms with Crippen molar-refractivity contribution in [2.45, 2.75) is 78.1 Å². The number of rotatable bonds is 13. The van der Waals surface area contributed by atoms with E-state index in [4.69, 9.17) is 8.83 Å². The lowest BCUT2D eigenvalue weighted by Crippen LogP contribution is -2.52. The molecule has 0 radical (unpaired) electrons. The molecule has 0 spiro atoms. The highest BCUT2D eigenvalue weighted by Crippen LogP contribution is 2.34. The average molecular weight is 607 g/mol. The zero-order valence-corrected chi connectivity index (χ0v) is 26.0. The Hall–Kier alpha value is -4.05. The highest BCUT2D eigenvalue weighted by atomic mass is 32.2. The van der Waals surface area contributed by atoms with Crippen LogP contribution < -0.4 is 16.3 Å². The number of benzene rings is 2. The summed E-state index contributed by atoms with van der Waals surface area (Å²) in [5.41, 5.74) is 4.05. The quantitative estimate of drug-likeness (QED) is 0.170. The maximum absolute atomic E-state index is 13.2. The third-order valence-corrected chi connectivity index (χ3v) is 8.90. The summed E-state index contributed by atoms with van der Waals surface area (Å²) in [6, 6.07) is 9.51. The molecule has 9 nitrogen and oxygen atoms in total. The summed E-state index contributed by atoms with van der Waals surface area (Å²) < 4.78 is 11.6. The maximum atomic E-state index is 13.2. The Morgan fingerprint density at radius 2 is 1.58 bits per heavy atom. The van der Waals surface area contributed by atoms with Crippen LogP contribution in [0.2, 0.25) is 0 Å². The molecule has 2 atom stereocenters. The first-order chi connectivity index (χ1) is 20.5. The summed E-state index contributed by atoms with van der Waals surface area (Å²) in [5, 5.41) is 16.7. The number of amides is 2. The van der Waals surface area contributed by atoms with Gasteiger partial charge in [-0.15, -0.1) is 0 Å². The zero-order chi connectivity index (χ0) is 31.3. The molecule has 43 heavy (non-hydrogen) atoms. The number of hydrogen-bond acceptors (Lipinski definition) is 7. The number of carboxylic acid groups (broad SMARTS) is 1. The van der Waals surface area contributed by atoms with Gasteiger partial charge >= 0.3 is 11.6 Å². The predicted octanol–water partition coefficient (Wildman–Crippen LogP) is 5.49. The van der Waals surface area contributed by atoms with E-state index in [1.165, 1.54) is 11.8 Å². The standard InChI is InChI=1S/C33H38N2O7S/c1-6-7-13-26(31(37)35-27(32(38)39)17-43-16-22-11-9-8-10-12-22)34-28(36)15-25-19(3)24-14-23-18(2)21(5)41-29(23)20(4)30(24)42-33(25)40/h8-12,14,26-27H,6-7,13,15-17H2,1-5H3,(H,34,36)(H,35,37)(H,38,39)/t26-,27+/m0/s1. The van der Waals surface area contributed by atoms with E-state index >= 15 is 0 Å². The van der Waals surface area contributed by atoms with Crippen LogP contribution in [0, 0.1) is 27.7 Å². The van der Waals surface area contributed by atoms with E-state index < -0.39 is 35.5 Å². The van der Waals surface area contributed by atoms with E-state index in [1.54, 1.807) is 6.92 Å². The zero-order valence-electron chi connectivity index (χ0n) is 25.2. The van der Waals surface area contributed by atoms with Crippen molar-refractivity contribution in [3.8, 4) is 0 Å². The molecule has 3 N–H and O–H groups in total. The Kier molecular flexibility index (Phi) is 10.3. The SMILES string of the molecule is CCCC[C@H](NC(=O)Cc1c(C)c2cc3c(C)c(C)oc3c(C)c2oc1=O)C(=O)N[C@H](CSCc1ccccc1)C(=O)O.